The van der Waals surface area contributed by atoms with E-state index in [9.17, 15) is 9.90 Å². The lowest BCUT2D eigenvalue weighted by atomic mass is 9.98. The molecule has 0 saturated heterocycles. The van der Waals surface area contributed by atoms with E-state index < -0.39 is 0 Å². The molecule has 8 nitrogen and oxygen atoms in total. The summed E-state index contributed by atoms with van der Waals surface area (Å²) in [6, 6.07) is 3.43. The van der Waals surface area contributed by atoms with Gasteiger partial charge < -0.3 is 23.7 Å². The zero-order valence-corrected chi connectivity index (χ0v) is 32.1. The Hall–Kier alpha value is -1.57. The van der Waals surface area contributed by atoms with Crippen LogP contribution in [0.2, 0.25) is 0 Å². The summed E-state index contributed by atoms with van der Waals surface area (Å²) in [6.45, 7) is 10.5. The molecule has 0 aliphatic carbocycles. The molecule has 2 aromatic carbocycles. The monoisotopic (exact) mass is 864 g/mol. The molecule has 0 bridgehead atoms. The van der Waals surface area contributed by atoms with E-state index in [2.05, 4.69) is 64.6 Å². The second-order valence-corrected chi connectivity index (χ2v) is 16.2. The molecule has 0 aliphatic rings. The molecular formula is C32H40Br4N2O6. The minimum absolute atomic E-state index is 0.125. The zero-order valence-electron chi connectivity index (χ0n) is 25.8. The number of fused-ring (bicyclic) bond motifs is 2. The first kappa shape index (κ1) is 36.9. The first-order chi connectivity index (χ1) is 20.9. The van der Waals surface area contributed by atoms with Crippen LogP contribution in [0.5, 0.6) is 23.0 Å². The maximum atomic E-state index is 14.3. The van der Waals surface area contributed by atoms with E-state index in [1.165, 1.54) is 0 Å². The smallest absolute Gasteiger partial charge is 0.204 e. The van der Waals surface area contributed by atoms with E-state index in [1.54, 1.807) is 25.1 Å². The van der Waals surface area contributed by atoms with Crippen molar-refractivity contribution >= 4 is 86.5 Å². The Kier molecular flexibility index (Phi) is 15.0. The molecule has 1 heterocycles. The van der Waals surface area contributed by atoms with Gasteiger partial charge in [0.25, 0.3) is 0 Å². The number of phenols is 1. The Labute approximate surface area is 293 Å². The fraction of sp³-hybridized carbons (Fsp3) is 0.469. The van der Waals surface area contributed by atoms with Crippen molar-refractivity contribution < 1.29 is 23.7 Å². The maximum absolute atomic E-state index is 14.3. The molecular weight excluding hydrogens is 828 g/mol. The highest BCUT2D eigenvalue weighted by atomic mass is 79.9. The molecule has 3 rings (SSSR count). The van der Waals surface area contributed by atoms with Gasteiger partial charge in [0.05, 0.1) is 25.7 Å². The van der Waals surface area contributed by atoms with Crippen molar-refractivity contribution in [2.24, 2.45) is 0 Å². The Morgan fingerprint density at radius 1 is 0.795 bits per heavy atom. The van der Waals surface area contributed by atoms with Gasteiger partial charge in [0, 0.05) is 101 Å². The molecule has 0 spiro atoms. The lowest BCUT2D eigenvalue weighted by Gasteiger charge is -2.18. The van der Waals surface area contributed by atoms with Gasteiger partial charge in [-0.05, 0) is 66.2 Å². The molecule has 0 fully saturated rings. The molecule has 242 valence electrons. The third kappa shape index (κ3) is 10.2. The zero-order chi connectivity index (χ0) is 32.4. The summed E-state index contributed by atoms with van der Waals surface area (Å²) in [7, 11) is 1.57. The van der Waals surface area contributed by atoms with Gasteiger partial charge in [-0.3, -0.25) is 4.79 Å². The summed E-state index contributed by atoms with van der Waals surface area (Å²) in [5.41, 5.74) is 3.68. The topological polar surface area (TPSA) is 84.6 Å². The van der Waals surface area contributed by atoms with Crippen molar-refractivity contribution in [1.29, 1.82) is 0 Å². The lowest BCUT2D eigenvalue weighted by Crippen LogP contribution is -2.10. The average Bonchev–Trinajstić information content (AvgIpc) is 2.94. The molecule has 44 heavy (non-hydrogen) atoms. The number of hydrogen-bond acceptors (Lipinski definition) is 8. The number of phenolic OH excluding ortho intramolecular Hbond substituents is 1. The summed E-state index contributed by atoms with van der Waals surface area (Å²) in [4.78, 5) is 14.3. The standard InChI is InChI=1S/C32H40Br4N2O6/c1-20(2)10-12-22-24(42-16-8-6-14-37(33)34)18-26-29(30(22)39)31(40)28-23(13-11-21(3)4)32(41-5)27(19-25(28)44-26)43-17-9-7-15-38(35)36/h10-11,18-19,39H,6-9,12-17H2,1-5H3. The van der Waals surface area contributed by atoms with E-state index in [0.29, 0.717) is 65.4 Å². The first-order valence-corrected chi connectivity index (χ1v) is 17.3. The molecule has 3 aromatic rings. The summed E-state index contributed by atoms with van der Waals surface area (Å²) in [5.74, 6) is 1.35. The van der Waals surface area contributed by atoms with Crippen LogP contribution in [-0.2, 0) is 12.8 Å². The van der Waals surface area contributed by atoms with E-state index in [1.807, 2.05) is 39.8 Å². The molecule has 0 saturated carbocycles. The molecule has 12 heteroatoms. The van der Waals surface area contributed by atoms with Crippen molar-refractivity contribution in [2.45, 2.75) is 66.2 Å². The summed E-state index contributed by atoms with van der Waals surface area (Å²) < 4.78 is 28.1. The molecule has 1 aromatic heterocycles. The van der Waals surface area contributed by atoms with Crippen LogP contribution in [0.3, 0.4) is 0 Å². The number of allylic oxidation sites excluding steroid dienone is 4. The van der Waals surface area contributed by atoms with E-state index in [4.69, 9.17) is 18.6 Å². The fourth-order valence-corrected chi connectivity index (χ4v) is 5.70. The van der Waals surface area contributed by atoms with Crippen LogP contribution < -0.4 is 19.6 Å². The number of rotatable bonds is 17. The largest absolute Gasteiger partial charge is 0.507 e. The third-order valence-electron chi connectivity index (χ3n) is 6.90. The van der Waals surface area contributed by atoms with E-state index in [0.717, 1.165) is 49.9 Å². The lowest BCUT2D eigenvalue weighted by molar-refractivity contribution is 0.285. The van der Waals surface area contributed by atoms with Gasteiger partial charge in [-0.25, -0.2) is 0 Å². The predicted molar refractivity (Wildman–Crippen MR) is 193 cm³/mol. The molecule has 0 aliphatic heterocycles. The normalized spacial score (nSPS) is 11.4. The third-order valence-corrected chi connectivity index (χ3v) is 8.32. The van der Waals surface area contributed by atoms with Crippen LogP contribution in [-0.4, -0.2) is 44.4 Å². The van der Waals surface area contributed by atoms with E-state index >= 15 is 0 Å². The van der Waals surface area contributed by atoms with Crippen LogP contribution in [0.4, 0.5) is 0 Å². The highest BCUT2D eigenvalue weighted by Crippen LogP contribution is 2.41. The number of methoxy groups -OCH3 is 1. The van der Waals surface area contributed by atoms with Gasteiger partial charge in [0.2, 0.25) is 5.43 Å². The highest BCUT2D eigenvalue weighted by Gasteiger charge is 2.24. The number of halogens is 4. The van der Waals surface area contributed by atoms with Crippen LogP contribution in [0, 0.1) is 0 Å². The Bertz CT molecular complexity index is 1540. The summed E-state index contributed by atoms with van der Waals surface area (Å²) in [6.07, 6.45) is 8.29. The van der Waals surface area contributed by atoms with Crippen molar-refractivity contribution in [1.82, 2.24) is 5.90 Å². The average molecular weight is 868 g/mol. The Morgan fingerprint density at radius 2 is 1.30 bits per heavy atom. The summed E-state index contributed by atoms with van der Waals surface area (Å²) in [5, 5.41) is 12.1. The molecule has 0 atom stereocenters. The number of nitrogens with zero attached hydrogens (tertiary/aromatic N) is 2. The molecule has 0 radical (unpaired) electrons. The van der Waals surface area contributed by atoms with Crippen molar-refractivity contribution in [3.8, 4) is 23.0 Å². The SMILES string of the molecule is COc1c(OCCCCN(Br)Br)cc2oc3cc(OCCCCN(Br)Br)c(CC=C(C)C)c(O)c3c(=O)c2c1CC=C(C)C. The Balaban J connectivity index is 2.20. The predicted octanol–water partition coefficient (Wildman–Crippen LogP) is 9.84. The van der Waals surface area contributed by atoms with Crippen LogP contribution in [0.15, 0.2) is 44.6 Å². The Morgan fingerprint density at radius 3 is 1.82 bits per heavy atom. The second-order valence-electron chi connectivity index (χ2n) is 10.9. The van der Waals surface area contributed by atoms with Gasteiger partial charge in [0.15, 0.2) is 11.5 Å². The first-order valence-electron chi connectivity index (χ1n) is 14.5. The van der Waals surface area contributed by atoms with Gasteiger partial charge in [-0.15, -0.1) is 0 Å². The molecule has 0 amide bonds. The second kappa shape index (κ2) is 17.9. The van der Waals surface area contributed by atoms with Crippen LogP contribution in [0.25, 0.3) is 21.9 Å². The fourth-order valence-electron chi connectivity index (χ4n) is 4.70. The number of aromatic hydroxyl groups is 1. The highest BCUT2D eigenvalue weighted by molar-refractivity contribution is 9.21. The maximum Gasteiger partial charge on any atom is 0.204 e. The number of hydrogen-bond donors (Lipinski definition) is 1. The number of benzene rings is 2. The quantitative estimate of drug-likeness (QED) is 0.0622. The van der Waals surface area contributed by atoms with Gasteiger partial charge in [0.1, 0.15) is 28.1 Å². The van der Waals surface area contributed by atoms with Gasteiger partial charge in [-0.2, -0.15) is 5.90 Å². The van der Waals surface area contributed by atoms with Crippen molar-refractivity contribution in [2.75, 3.05) is 33.4 Å². The van der Waals surface area contributed by atoms with Crippen molar-refractivity contribution in [3.05, 3.63) is 56.8 Å². The van der Waals surface area contributed by atoms with Crippen molar-refractivity contribution in [3.63, 3.8) is 0 Å². The number of ether oxygens (including phenoxy) is 3. The van der Waals surface area contributed by atoms with E-state index in [-0.39, 0.29) is 22.1 Å². The van der Waals surface area contributed by atoms with Crippen LogP contribution in [0.1, 0.15) is 64.5 Å². The molecule has 0 unspecified atom stereocenters. The summed E-state index contributed by atoms with van der Waals surface area (Å²) >= 11 is 13.4. The molecule has 1 N–H and O–H groups in total. The minimum Gasteiger partial charge on any atom is -0.507 e. The van der Waals surface area contributed by atoms with Gasteiger partial charge in [-0.1, -0.05) is 23.3 Å². The van der Waals surface area contributed by atoms with Gasteiger partial charge >= 0.3 is 0 Å². The van der Waals surface area contributed by atoms with Crippen LogP contribution >= 0.6 is 64.6 Å². The minimum atomic E-state index is -0.324. The number of unbranched alkanes of at least 4 members (excludes halogenated alkanes) is 2.